The average molecular weight is 270 g/mol. The monoisotopic (exact) mass is 270 g/mol. The van der Waals surface area contributed by atoms with E-state index >= 15 is 0 Å². The predicted octanol–water partition coefficient (Wildman–Crippen LogP) is 2.21. The summed E-state index contributed by atoms with van der Waals surface area (Å²) in [5.41, 5.74) is 5.25. The van der Waals surface area contributed by atoms with E-state index in [9.17, 15) is 4.79 Å². The van der Waals surface area contributed by atoms with E-state index in [2.05, 4.69) is 19.2 Å². The van der Waals surface area contributed by atoms with Crippen LogP contribution < -0.4 is 11.1 Å². The van der Waals surface area contributed by atoms with Crippen molar-refractivity contribution in [1.29, 1.82) is 0 Å². The van der Waals surface area contributed by atoms with Gasteiger partial charge in [0.15, 0.2) is 0 Å². The average Bonchev–Trinajstić information content (AvgIpc) is 2.37. The van der Waals surface area contributed by atoms with Gasteiger partial charge in [0.2, 0.25) is 5.91 Å². The van der Waals surface area contributed by atoms with Crippen LogP contribution in [-0.2, 0) is 9.53 Å². The zero-order chi connectivity index (χ0) is 14.7. The Hall–Kier alpha value is -0.610. The van der Waals surface area contributed by atoms with Crippen molar-refractivity contribution in [3.05, 3.63) is 0 Å². The highest BCUT2D eigenvalue weighted by atomic mass is 16.5. The lowest BCUT2D eigenvalue weighted by Gasteiger charge is -2.57. The molecule has 0 saturated heterocycles. The Morgan fingerprint density at radius 3 is 2.47 bits per heavy atom. The Morgan fingerprint density at radius 2 is 2.05 bits per heavy atom. The third-order valence-corrected chi connectivity index (χ3v) is 4.70. The van der Waals surface area contributed by atoms with E-state index in [1.54, 1.807) is 0 Å². The second kappa shape index (κ2) is 6.23. The third kappa shape index (κ3) is 2.95. The lowest BCUT2D eigenvalue weighted by Crippen LogP contribution is -2.76. The molecule has 0 aromatic rings. The quantitative estimate of drug-likeness (QED) is 0.745. The summed E-state index contributed by atoms with van der Waals surface area (Å²) in [6.45, 7) is 10.9. The van der Waals surface area contributed by atoms with Gasteiger partial charge in [-0.1, -0.05) is 34.1 Å². The molecule has 1 rings (SSSR count). The smallest absolute Gasteiger partial charge is 0.241 e. The van der Waals surface area contributed by atoms with Crippen LogP contribution in [0.5, 0.6) is 0 Å². The molecule has 1 saturated carbocycles. The van der Waals surface area contributed by atoms with Gasteiger partial charge in [-0.25, -0.2) is 0 Å². The number of nitrogens with two attached hydrogens (primary N) is 1. The first-order chi connectivity index (χ1) is 8.83. The highest BCUT2D eigenvalue weighted by Crippen LogP contribution is 2.49. The SMILES string of the molecule is CCCC(CC)NC(=O)C1(N)CC(OCC)C1(C)C. The topological polar surface area (TPSA) is 64.4 Å². The van der Waals surface area contributed by atoms with Crippen molar-refractivity contribution in [2.45, 2.75) is 78.0 Å². The second-order valence-corrected chi connectivity index (χ2v) is 6.21. The van der Waals surface area contributed by atoms with Crippen molar-refractivity contribution in [2.24, 2.45) is 11.1 Å². The fourth-order valence-corrected chi connectivity index (χ4v) is 2.86. The van der Waals surface area contributed by atoms with Gasteiger partial charge in [0.1, 0.15) is 5.54 Å². The molecule has 1 aliphatic rings. The van der Waals surface area contributed by atoms with Crippen molar-refractivity contribution in [3.63, 3.8) is 0 Å². The number of hydrogen-bond acceptors (Lipinski definition) is 3. The van der Waals surface area contributed by atoms with E-state index in [0.717, 1.165) is 19.3 Å². The lowest BCUT2D eigenvalue weighted by atomic mass is 9.54. The standard InChI is InChI=1S/C15H30N2O2/c1-6-9-11(7-2)17-13(18)15(16)10-12(19-8-3)14(15,4)5/h11-12H,6-10,16H2,1-5H3,(H,17,18). The normalized spacial score (nSPS) is 30.5. The van der Waals surface area contributed by atoms with Crippen LogP contribution in [0.2, 0.25) is 0 Å². The van der Waals surface area contributed by atoms with Crippen LogP contribution >= 0.6 is 0 Å². The first-order valence-electron chi connectivity index (χ1n) is 7.54. The zero-order valence-corrected chi connectivity index (χ0v) is 13.1. The van der Waals surface area contributed by atoms with Gasteiger partial charge >= 0.3 is 0 Å². The van der Waals surface area contributed by atoms with E-state index in [1.165, 1.54) is 0 Å². The van der Waals surface area contributed by atoms with Gasteiger partial charge in [-0.05, 0) is 19.8 Å². The van der Waals surface area contributed by atoms with Crippen molar-refractivity contribution < 1.29 is 9.53 Å². The minimum atomic E-state index is -0.798. The Labute approximate surface area is 117 Å². The summed E-state index contributed by atoms with van der Waals surface area (Å²) >= 11 is 0. The van der Waals surface area contributed by atoms with Crippen molar-refractivity contribution in [3.8, 4) is 0 Å². The Morgan fingerprint density at radius 1 is 1.42 bits per heavy atom. The van der Waals surface area contributed by atoms with Crippen LogP contribution in [-0.4, -0.2) is 30.2 Å². The molecule has 1 amide bonds. The van der Waals surface area contributed by atoms with Gasteiger partial charge in [-0.3, -0.25) is 4.79 Å². The number of nitrogens with one attached hydrogen (secondary N) is 1. The first-order valence-corrected chi connectivity index (χ1v) is 7.54. The molecule has 0 spiro atoms. The maximum Gasteiger partial charge on any atom is 0.241 e. The largest absolute Gasteiger partial charge is 0.378 e. The zero-order valence-electron chi connectivity index (χ0n) is 13.1. The summed E-state index contributed by atoms with van der Waals surface area (Å²) in [6.07, 6.45) is 3.72. The maximum absolute atomic E-state index is 12.5. The van der Waals surface area contributed by atoms with Gasteiger partial charge in [0.25, 0.3) is 0 Å². The number of carbonyl (C=O) groups excluding carboxylic acids is 1. The Bertz CT molecular complexity index is 317. The molecule has 3 N–H and O–H groups in total. The van der Waals surface area contributed by atoms with Crippen LogP contribution in [0.1, 0.15) is 60.3 Å². The molecule has 0 aliphatic heterocycles. The number of hydrogen-bond donors (Lipinski definition) is 2. The Kier molecular flexibility index (Phi) is 5.39. The summed E-state index contributed by atoms with van der Waals surface area (Å²) in [5.74, 6) is -0.0197. The fraction of sp³-hybridized carbons (Fsp3) is 0.933. The van der Waals surface area contributed by atoms with Gasteiger partial charge in [0, 0.05) is 24.5 Å². The van der Waals surface area contributed by atoms with Gasteiger partial charge in [0.05, 0.1) is 6.10 Å². The van der Waals surface area contributed by atoms with Gasteiger partial charge < -0.3 is 15.8 Å². The van der Waals surface area contributed by atoms with E-state index in [1.807, 2.05) is 20.8 Å². The van der Waals surface area contributed by atoms with Crippen molar-refractivity contribution in [2.75, 3.05) is 6.61 Å². The molecule has 0 aromatic heterocycles. The van der Waals surface area contributed by atoms with E-state index in [-0.39, 0.29) is 23.5 Å². The van der Waals surface area contributed by atoms with Crippen LogP contribution in [0.3, 0.4) is 0 Å². The third-order valence-electron chi connectivity index (χ3n) is 4.70. The molecule has 3 unspecified atom stereocenters. The number of ether oxygens (including phenoxy) is 1. The molecular formula is C15H30N2O2. The molecule has 4 nitrogen and oxygen atoms in total. The molecule has 112 valence electrons. The second-order valence-electron chi connectivity index (χ2n) is 6.21. The van der Waals surface area contributed by atoms with Crippen LogP contribution in [0, 0.1) is 5.41 Å². The maximum atomic E-state index is 12.5. The molecule has 4 heteroatoms. The molecule has 19 heavy (non-hydrogen) atoms. The highest BCUT2D eigenvalue weighted by molar-refractivity contribution is 5.89. The van der Waals surface area contributed by atoms with Crippen molar-refractivity contribution >= 4 is 5.91 Å². The lowest BCUT2D eigenvalue weighted by molar-refractivity contribution is -0.171. The van der Waals surface area contributed by atoms with E-state index < -0.39 is 5.54 Å². The minimum Gasteiger partial charge on any atom is -0.378 e. The molecule has 0 radical (unpaired) electrons. The summed E-state index contributed by atoms with van der Waals surface area (Å²) < 4.78 is 5.66. The molecular weight excluding hydrogens is 240 g/mol. The molecule has 1 aliphatic carbocycles. The molecule has 3 atom stereocenters. The van der Waals surface area contributed by atoms with Crippen LogP contribution in [0.15, 0.2) is 0 Å². The predicted molar refractivity (Wildman–Crippen MR) is 77.9 cm³/mol. The summed E-state index contributed by atoms with van der Waals surface area (Å²) in [5, 5.41) is 3.11. The fourth-order valence-electron chi connectivity index (χ4n) is 2.86. The summed E-state index contributed by atoms with van der Waals surface area (Å²) in [6, 6.07) is 0.236. The molecule has 0 aromatic carbocycles. The summed E-state index contributed by atoms with van der Waals surface area (Å²) in [7, 11) is 0. The number of carbonyl (C=O) groups is 1. The van der Waals surface area contributed by atoms with Gasteiger partial charge in [-0.2, -0.15) is 0 Å². The van der Waals surface area contributed by atoms with E-state index in [4.69, 9.17) is 10.5 Å². The molecule has 0 heterocycles. The van der Waals surface area contributed by atoms with E-state index in [0.29, 0.717) is 13.0 Å². The van der Waals surface area contributed by atoms with Crippen molar-refractivity contribution in [1.82, 2.24) is 5.32 Å². The van der Waals surface area contributed by atoms with Crippen LogP contribution in [0.25, 0.3) is 0 Å². The molecule has 0 bridgehead atoms. The Balaban J connectivity index is 2.67. The summed E-state index contributed by atoms with van der Waals surface area (Å²) in [4.78, 5) is 12.5. The first kappa shape index (κ1) is 16.4. The number of rotatable bonds is 7. The highest BCUT2D eigenvalue weighted by Gasteiger charge is 2.62. The number of amides is 1. The van der Waals surface area contributed by atoms with Gasteiger partial charge in [-0.15, -0.1) is 0 Å². The molecule has 1 fully saturated rings. The minimum absolute atomic E-state index is 0.0197. The van der Waals surface area contributed by atoms with Crippen LogP contribution in [0.4, 0.5) is 0 Å².